The average Bonchev–Trinajstić information content (AvgIpc) is 2.88. The summed E-state index contributed by atoms with van der Waals surface area (Å²) in [5.74, 6) is 0.810. The minimum atomic E-state index is 0. The van der Waals surface area contributed by atoms with E-state index >= 15 is 0 Å². The maximum Gasteiger partial charge on any atom is 0.191 e. The number of aliphatic imine (C=N–C) groups is 1. The number of hydrogen-bond acceptors (Lipinski definition) is 4. The molecule has 1 aliphatic rings. The first-order valence-corrected chi connectivity index (χ1v) is 9.81. The highest BCUT2D eigenvalue weighted by atomic mass is 127. The van der Waals surface area contributed by atoms with Crippen molar-refractivity contribution in [2.75, 3.05) is 40.8 Å². The van der Waals surface area contributed by atoms with Crippen LogP contribution in [0.3, 0.4) is 0 Å². The molecule has 0 bridgehead atoms. The lowest BCUT2D eigenvalue weighted by atomic mass is 10.1. The van der Waals surface area contributed by atoms with E-state index in [-0.39, 0.29) is 30.0 Å². The second-order valence-corrected chi connectivity index (χ2v) is 7.29. The van der Waals surface area contributed by atoms with Crippen molar-refractivity contribution in [3.8, 4) is 0 Å². The highest BCUT2D eigenvalue weighted by Crippen LogP contribution is 2.19. The van der Waals surface area contributed by atoms with Crippen LogP contribution >= 0.6 is 24.0 Å². The zero-order valence-corrected chi connectivity index (χ0v) is 19.6. The van der Waals surface area contributed by atoms with Crippen LogP contribution in [0.4, 0.5) is 0 Å². The molecule has 1 unspecified atom stereocenters. The third kappa shape index (κ3) is 8.78. The van der Waals surface area contributed by atoms with E-state index in [4.69, 9.17) is 4.74 Å². The predicted molar refractivity (Wildman–Crippen MR) is 122 cm³/mol. The summed E-state index contributed by atoms with van der Waals surface area (Å²) < 4.78 is 7.87. The molecule has 0 radical (unpaired) electrons. The molecule has 1 atom stereocenters. The summed E-state index contributed by atoms with van der Waals surface area (Å²) in [5, 5.41) is 11.0. The van der Waals surface area contributed by atoms with Crippen molar-refractivity contribution in [1.29, 1.82) is 0 Å². The van der Waals surface area contributed by atoms with E-state index < -0.39 is 0 Å². The lowest BCUT2D eigenvalue weighted by molar-refractivity contribution is 0.0468. The van der Waals surface area contributed by atoms with Gasteiger partial charge in [-0.25, -0.2) is 0 Å². The van der Waals surface area contributed by atoms with Crippen LogP contribution < -0.4 is 10.6 Å². The summed E-state index contributed by atoms with van der Waals surface area (Å²) in [5.41, 5.74) is 1.19. The van der Waals surface area contributed by atoms with E-state index in [0.717, 1.165) is 25.7 Å². The van der Waals surface area contributed by atoms with Gasteiger partial charge in [0.15, 0.2) is 5.96 Å². The second kappa shape index (κ2) is 13.3. The van der Waals surface area contributed by atoms with Crippen LogP contribution in [-0.4, -0.2) is 67.6 Å². The highest BCUT2D eigenvalue weighted by molar-refractivity contribution is 14.0. The number of aryl methyl sites for hydroxylation is 1. The molecule has 1 aromatic rings. The number of hydrogen-bond donors (Lipinski definition) is 2. The zero-order chi connectivity index (χ0) is 18.8. The van der Waals surface area contributed by atoms with Crippen molar-refractivity contribution < 1.29 is 4.74 Å². The van der Waals surface area contributed by atoms with Crippen LogP contribution in [0, 0.1) is 0 Å². The number of halogens is 1. The monoisotopic (exact) mass is 492 g/mol. The van der Waals surface area contributed by atoms with Crippen molar-refractivity contribution >= 4 is 29.9 Å². The Labute approximate surface area is 181 Å². The van der Waals surface area contributed by atoms with Crippen molar-refractivity contribution in [3.63, 3.8) is 0 Å². The molecule has 156 valence electrons. The quantitative estimate of drug-likeness (QED) is 0.192. The third-order valence-electron chi connectivity index (χ3n) is 4.97. The number of rotatable bonds is 8. The highest BCUT2D eigenvalue weighted by Gasteiger charge is 2.16. The van der Waals surface area contributed by atoms with E-state index in [1.54, 1.807) is 7.05 Å². The second-order valence-electron chi connectivity index (χ2n) is 7.29. The predicted octanol–water partition coefficient (Wildman–Crippen LogP) is 2.55. The molecule has 7 nitrogen and oxygen atoms in total. The minimum Gasteiger partial charge on any atom is -0.376 e. The Morgan fingerprint density at radius 3 is 2.56 bits per heavy atom. The number of ether oxygens (including phenoxy) is 1. The molecule has 1 aliphatic carbocycles. The topological polar surface area (TPSA) is 66.7 Å². The first-order valence-electron chi connectivity index (χ1n) is 9.81. The van der Waals surface area contributed by atoms with Crippen LogP contribution in [0.5, 0.6) is 0 Å². The molecule has 1 aromatic heterocycles. The number of aromatic nitrogens is 2. The minimum absolute atomic E-state index is 0. The molecule has 0 amide bonds. The summed E-state index contributed by atoms with van der Waals surface area (Å²) >= 11 is 0. The Hall–Kier alpha value is -0.870. The molecule has 0 saturated heterocycles. The van der Waals surface area contributed by atoms with Gasteiger partial charge in [0, 0.05) is 38.9 Å². The van der Waals surface area contributed by atoms with Crippen LogP contribution in [0.25, 0.3) is 0 Å². The Bertz CT molecular complexity index is 540. The average molecular weight is 492 g/mol. The maximum absolute atomic E-state index is 6.03. The Morgan fingerprint density at radius 2 is 2.00 bits per heavy atom. The van der Waals surface area contributed by atoms with Gasteiger partial charge in [-0.3, -0.25) is 9.67 Å². The molecule has 0 spiro atoms. The van der Waals surface area contributed by atoms with Crippen molar-refractivity contribution in [2.45, 2.75) is 50.7 Å². The van der Waals surface area contributed by atoms with Crippen LogP contribution in [0.15, 0.2) is 17.4 Å². The van der Waals surface area contributed by atoms with Gasteiger partial charge in [0.25, 0.3) is 0 Å². The SMILES string of the molecule is CN=C(NCCOC1CCCCCC1)NCC(c1cnn(C)c1)N(C)C.I. The lowest BCUT2D eigenvalue weighted by Gasteiger charge is -2.24. The Balaban J connectivity index is 0.00000364. The maximum atomic E-state index is 6.03. The molecule has 8 heteroatoms. The summed E-state index contributed by atoms with van der Waals surface area (Å²) in [6.45, 7) is 2.27. The fourth-order valence-electron chi connectivity index (χ4n) is 3.43. The first-order chi connectivity index (χ1) is 12.6. The van der Waals surface area contributed by atoms with Crippen molar-refractivity contribution in [2.24, 2.45) is 12.0 Å². The molecule has 0 aromatic carbocycles. The molecule has 0 aliphatic heterocycles. The van der Waals surface area contributed by atoms with Gasteiger partial charge < -0.3 is 20.3 Å². The summed E-state index contributed by atoms with van der Waals surface area (Å²) in [7, 11) is 7.90. The normalized spacial score (nSPS) is 17.3. The fraction of sp³-hybridized carbons (Fsp3) is 0.789. The number of nitrogens with zero attached hydrogens (tertiary/aromatic N) is 4. The fourth-order valence-corrected chi connectivity index (χ4v) is 3.43. The molecule has 1 saturated carbocycles. The van der Waals surface area contributed by atoms with E-state index in [0.29, 0.717) is 6.10 Å². The van der Waals surface area contributed by atoms with E-state index in [1.165, 1.54) is 44.1 Å². The molecule has 2 N–H and O–H groups in total. The van der Waals surface area contributed by atoms with Gasteiger partial charge in [0.2, 0.25) is 0 Å². The summed E-state index contributed by atoms with van der Waals surface area (Å²) in [6.07, 6.45) is 12.2. The van der Waals surface area contributed by atoms with Gasteiger partial charge >= 0.3 is 0 Å². The zero-order valence-electron chi connectivity index (χ0n) is 17.3. The smallest absolute Gasteiger partial charge is 0.191 e. The largest absolute Gasteiger partial charge is 0.376 e. The van der Waals surface area contributed by atoms with E-state index in [1.807, 2.05) is 17.9 Å². The molecular formula is C19H37IN6O. The van der Waals surface area contributed by atoms with Gasteiger partial charge in [0.05, 0.1) is 24.9 Å². The summed E-state index contributed by atoms with van der Waals surface area (Å²) in [4.78, 5) is 6.50. The molecule has 1 heterocycles. The van der Waals surface area contributed by atoms with E-state index in [2.05, 4.69) is 45.9 Å². The van der Waals surface area contributed by atoms with Crippen LogP contribution in [0.2, 0.25) is 0 Å². The van der Waals surface area contributed by atoms with Gasteiger partial charge in [-0.2, -0.15) is 5.10 Å². The molecular weight excluding hydrogens is 455 g/mol. The Kier molecular flexibility index (Phi) is 11.9. The van der Waals surface area contributed by atoms with Crippen molar-refractivity contribution in [3.05, 3.63) is 18.0 Å². The number of guanidine groups is 1. The van der Waals surface area contributed by atoms with Crippen LogP contribution in [0.1, 0.15) is 50.1 Å². The lowest BCUT2D eigenvalue weighted by Crippen LogP contribution is -2.43. The standard InChI is InChI=1S/C19H36N6O.HI/c1-20-19(21-11-12-26-17-9-7-5-6-8-10-17)22-14-18(24(2)3)16-13-23-25(4)15-16;/h13,15,17-18H,5-12,14H2,1-4H3,(H2,20,21,22);1H. The third-order valence-corrected chi connectivity index (χ3v) is 4.97. The van der Waals surface area contributed by atoms with Gasteiger partial charge in [0.1, 0.15) is 0 Å². The first kappa shape index (κ1) is 24.2. The number of nitrogens with one attached hydrogen (secondary N) is 2. The number of likely N-dealkylation sites (N-methyl/N-ethyl adjacent to an activating group) is 1. The Morgan fingerprint density at radius 1 is 1.30 bits per heavy atom. The van der Waals surface area contributed by atoms with Gasteiger partial charge in [-0.15, -0.1) is 24.0 Å². The van der Waals surface area contributed by atoms with Crippen molar-refractivity contribution in [1.82, 2.24) is 25.3 Å². The molecule has 1 fully saturated rings. The molecule has 2 rings (SSSR count). The van der Waals surface area contributed by atoms with Gasteiger partial charge in [-0.05, 0) is 26.9 Å². The van der Waals surface area contributed by atoms with Crippen LogP contribution in [-0.2, 0) is 11.8 Å². The van der Waals surface area contributed by atoms with Gasteiger partial charge in [-0.1, -0.05) is 25.7 Å². The summed E-state index contributed by atoms with van der Waals surface area (Å²) in [6, 6.07) is 0.240. The molecule has 27 heavy (non-hydrogen) atoms. The van der Waals surface area contributed by atoms with E-state index in [9.17, 15) is 0 Å².